The zero-order chi connectivity index (χ0) is 48.8. The van der Waals surface area contributed by atoms with E-state index in [1.807, 2.05) is 24.3 Å². The van der Waals surface area contributed by atoms with Gasteiger partial charge >= 0.3 is 0 Å². The molecule has 2 rings (SSSR count). The van der Waals surface area contributed by atoms with E-state index in [1.165, 1.54) is 257 Å². The summed E-state index contributed by atoms with van der Waals surface area (Å²) in [5, 5.41) is 0. The van der Waals surface area contributed by atoms with Crippen molar-refractivity contribution in [2.45, 2.75) is 285 Å². The van der Waals surface area contributed by atoms with Gasteiger partial charge in [0, 0.05) is 11.1 Å². The van der Waals surface area contributed by atoms with Crippen LogP contribution in [0.4, 0.5) is 0 Å². The number of hydrogen-bond donors (Lipinski definition) is 2. The van der Waals surface area contributed by atoms with Gasteiger partial charge in [0.1, 0.15) is 11.5 Å². The lowest BCUT2D eigenvalue weighted by Crippen LogP contribution is -2.41. The van der Waals surface area contributed by atoms with Gasteiger partial charge in [-0.2, -0.15) is 0 Å². The molecule has 2 aromatic carbocycles. The molecule has 0 spiro atoms. The average molecular weight is 946 g/mol. The van der Waals surface area contributed by atoms with Crippen molar-refractivity contribution in [1.29, 1.82) is 0 Å². The van der Waals surface area contributed by atoms with Crippen LogP contribution >= 0.6 is 0 Å². The van der Waals surface area contributed by atoms with E-state index in [-0.39, 0.29) is 11.8 Å². The first kappa shape index (κ1) is 61.1. The van der Waals surface area contributed by atoms with Crippen LogP contribution < -0.4 is 20.3 Å². The molecule has 0 fully saturated rings. The van der Waals surface area contributed by atoms with Crippen LogP contribution in [0.5, 0.6) is 11.5 Å². The molecule has 0 saturated carbocycles. The maximum absolute atomic E-state index is 13.0. The first-order chi connectivity index (χ1) is 33.5. The number of nitrogens with one attached hydrogen (secondary N) is 2. The Hall–Kier alpha value is -3.02. The highest BCUT2D eigenvalue weighted by Gasteiger charge is 2.14. The van der Waals surface area contributed by atoms with Crippen LogP contribution in [-0.2, 0) is 0 Å². The minimum absolute atomic E-state index is 0.358. The van der Waals surface area contributed by atoms with Crippen LogP contribution in [0.2, 0.25) is 0 Å². The van der Waals surface area contributed by atoms with Gasteiger partial charge < -0.3 is 9.47 Å². The molecule has 2 aromatic rings. The Morgan fingerprint density at radius 3 is 0.750 bits per heavy atom. The second kappa shape index (κ2) is 45.1. The maximum Gasteiger partial charge on any atom is 0.269 e. The van der Waals surface area contributed by atoms with E-state index in [0.717, 1.165) is 24.7 Å². The van der Waals surface area contributed by atoms with Crippen LogP contribution in [0.15, 0.2) is 48.5 Å². The Bertz CT molecular complexity index is 1300. The first-order valence-corrected chi connectivity index (χ1v) is 29.6. The minimum atomic E-state index is -0.358. The predicted octanol–water partition coefficient (Wildman–Crippen LogP) is 19.4. The molecule has 0 aromatic heterocycles. The Labute approximate surface area is 420 Å². The molecule has 0 heterocycles. The lowest BCUT2D eigenvalue weighted by Gasteiger charge is -2.18. The average Bonchev–Trinajstić information content (AvgIpc) is 3.36. The van der Waals surface area contributed by atoms with Crippen LogP contribution in [0, 0.1) is 11.8 Å². The predicted molar refractivity (Wildman–Crippen MR) is 293 cm³/mol. The summed E-state index contributed by atoms with van der Waals surface area (Å²) >= 11 is 0. The first-order valence-electron chi connectivity index (χ1n) is 29.6. The molecule has 0 aliphatic rings. The molecule has 0 saturated heterocycles. The summed E-state index contributed by atoms with van der Waals surface area (Å²) in [6, 6.07) is 14.6. The number of ether oxygens (including phenoxy) is 2. The van der Waals surface area contributed by atoms with Crippen LogP contribution in [-0.4, -0.2) is 25.0 Å². The molecular formula is C62H108N2O4. The van der Waals surface area contributed by atoms with E-state index in [9.17, 15) is 9.59 Å². The smallest absolute Gasteiger partial charge is 0.269 e. The molecule has 0 radical (unpaired) electrons. The third kappa shape index (κ3) is 34.3. The number of unbranched alkanes of at least 4 members (excludes halogenated alkanes) is 32. The van der Waals surface area contributed by atoms with Gasteiger partial charge in [-0.15, -0.1) is 0 Å². The molecule has 0 bridgehead atoms. The summed E-state index contributed by atoms with van der Waals surface area (Å²) in [5.41, 5.74) is 6.14. The van der Waals surface area contributed by atoms with E-state index in [0.29, 0.717) is 23.0 Å². The standard InChI is InChI=1S/C62H108N2O4/c1-5-9-13-17-21-25-27-31-35-39-43-55(41-37-33-29-23-19-15-11-7-3)53-67-59-49-45-57(46-50-59)61(65)63-64-62(66)58-47-51-60(52-48-58)68-54-56(42-38-34-30-24-20-16-12-8-4)44-40-36-32-28-26-22-18-14-10-6-2/h45-52,55-56H,5-44,53-54H2,1-4H3,(H,63,65)(H,64,66). The van der Waals surface area contributed by atoms with Gasteiger partial charge in [-0.3, -0.25) is 20.4 Å². The van der Waals surface area contributed by atoms with E-state index in [2.05, 4.69) is 38.5 Å². The third-order valence-corrected chi connectivity index (χ3v) is 14.4. The van der Waals surface area contributed by atoms with E-state index >= 15 is 0 Å². The summed E-state index contributed by atoms with van der Waals surface area (Å²) < 4.78 is 12.7. The summed E-state index contributed by atoms with van der Waals surface area (Å²) in [6.45, 7) is 10.6. The highest BCUT2D eigenvalue weighted by atomic mass is 16.5. The number of rotatable bonds is 48. The highest BCUT2D eigenvalue weighted by molar-refractivity contribution is 5.99. The molecular weight excluding hydrogens is 837 g/mol. The van der Waals surface area contributed by atoms with Gasteiger partial charge in [-0.1, -0.05) is 259 Å². The number of hydrogen-bond acceptors (Lipinski definition) is 4. The molecule has 0 aliphatic heterocycles. The number of amides is 2. The minimum Gasteiger partial charge on any atom is -0.493 e. The quantitative estimate of drug-likeness (QED) is 0.0512. The van der Waals surface area contributed by atoms with Crippen molar-refractivity contribution in [3.8, 4) is 11.5 Å². The molecule has 2 amide bonds. The Kier molecular flexibility index (Phi) is 40.6. The normalized spacial score (nSPS) is 12.2. The summed E-state index contributed by atoms with van der Waals surface area (Å²) in [4.78, 5) is 26.1. The zero-order valence-corrected chi connectivity index (χ0v) is 45.1. The van der Waals surface area contributed by atoms with Gasteiger partial charge in [0.25, 0.3) is 11.8 Å². The lowest BCUT2D eigenvalue weighted by molar-refractivity contribution is 0.0846. The van der Waals surface area contributed by atoms with Crippen LogP contribution in [0.3, 0.4) is 0 Å². The fourth-order valence-electron chi connectivity index (χ4n) is 9.69. The van der Waals surface area contributed by atoms with Crippen LogP contribution in [0.1, 0.15) is 305 Å². The summed E-state index contributed by atoms with van der Waals surface area (Å²) in [5.74, 6) is 1.98. The fourth-order valence-corrected chi connectivity index (χ4v) is 9.69. The van der Waals surface area contributed by atoms with Crippen molar-refractivity contribution < 1.29 is 19.1 Å². The molecule has 6 nitrogen and oxygen atoms in total. The monoisotopic (exact) mass is 945 g/mol. The Morgan fingerprint density at radius 2 is 0.529 bits per heavy atom. The second-order valence-electron chi connectivity index (χ2n) is 20.8. The molecule has 2 unspecified atom stereocenters. The van der Waals surface area contributed by atoms with Gasteiger partial charge in [0.15, 0.2) is 0 Å². The maximum atomic E-state index is 13.0. The molecule has 2 N–H and O–H groups in total. The van der Waals surface area contributed by atoms with Crippen LogP contribution in [0.25, 0.3) is 0 Å². The number of carbonyl (C=O) groups excluding carboxylic acids is 2. The Balaban J connectivity index is 1.79. The molecule has 6 heteroatoms. The number of carbonyl (C=O) groups is 2. The van der Waals surface area contributed by atoms with E-state index < -0.39 is 0 Å². The third-order valence-electron chi connectivity index (χ3n) is 14.4. The molecule has 390 valence electrons. The largest absolute Gasteiger partial charge is 0.493 e. The highest BCUT2D eigenvalue weighted by Crippen LogP contribution is 2.24. The van der Waals surface area contributed by atoms with Gasteiger partial charge in [-0.05, 0) is 86.1 Å². The summed E-state index contributed by atoms with van der Waals surface area (Å²) in [7, 11) is 0. The van der Waals surface area contributed by atoms with Crippen molar-refractivity contribution in [3.05, 3.63) is 59.7 Å². The lowest BCUT2D eigenvalue weighted by atomic mass is 9.94. The van der Waals surface area contributed by atoms with Gasteiger partial charge in [-0.25, -0.2) is 0 Å². The van der Waals surface area contributed by atoms with E-state index in [4.69, 9.17) is 9.47 Å². The second-order valence-corrected chi connectivity index (χ2v) is 20.8. The van der Waals surface area contributed by atoms with Crippen molar-refractivity contribution in [2.75, 3.05) is 13.2 Å². The van der Waals surface area contributed by atoms with Crippen molar-refractivity contribution >= 4 is 11.8 Å². The molecule has 68 heavy (non-hydrogen) atoms. The zero-order valence-electron chi connectivity index (χ0n) is 45.1. The van der Waals surface area contributed by atoms with E-state index in [1.54, 1.807) is 24.3 Å². The van der Waals surface area contributed by atoms with Gasteiger partial charge in [0.05, 0.1) is 13.2 Å². The van der Waals surface area contributed by atoms with Crippen molar-refractivity contribution in [1.82, 2.24) is 10.9 Å². The fraction of sp³-hybridized carbons (Fsp3) is 0.774. The van der Waals surface area contributed by atoms with Gasteiger partial charge in [0.2, 0.25) is 0 Å². The SMILES string of the molecule is CCCCCCCCCCCCC(CCCCCCCCCC)COc1ccc(C(=O)NNC(=O)c2ccc(OCC(CCCCCCCCCC)CCCCCCCCCCCC)cc2)cc1. The molecule has 0 aliphatic carbocycles. The van der Waals surface area contributed by atoms with Crippen molar-refractivity contribution in [3.63, 3.8) is 0 Å². The van der Waals surface area contributed by atoms with Crippen molar-refractivity contribution in [2.24, 2.45) is 11.8 Å². The number of benzene rings is 2. The molecule has 2 atom stereocenters. The topological polar surface area (TPSA) is 76.7 Å². The number of hydrazine groups is 1. The summed E-state index contributed by atoms with van der Waals surface area (Å²) in [6.07, 6.45) is 53.6. The Morgan fingerprint density at radius 1 is 0.324 bits per heavy atom.